The molecule has 0 fully saturated rings. The first-order chi connectivity index (χ1) is 18.6. The summed E-state index contributed by atoms with van der Waals surface area (Å²) in [5, 5.41) is 15.8. The van der Waals surface area contributed by atoms with Gasteiger partial charge in [-0.25, -0.2) is 4.68 Å². The number of nitrogen functional groups attached to an aromatic ring is 1. The third-order valence-electron chi connectivity index (χ3n) is 7.01. The van der Waals surface area contributed by atoms with Crippen molar-refractivity contribution in [3.05, 3.63) is 155 Å². The van der Waals surface area contributed by atoms with Gasteiger partial charge in [-0.3, -0.25) is 0 Å². The zero-order valence-electron chi connectivity index (χ0n) is 20.4. The molecule has 182 valence electrons. The van der Waals surface area contributed by atoms with Crippen molar-refractivity contribution in [3.63, 3.8) is 0 Å². The van der Waals surface area contributed by atoms with Gasteiger partial charge in [0.25, 0.3) is 0 Å². The maximum Gasteiger partial charge on any atom is 0.153 e. The van der Waals surface area contributed by atoms with Gasteiger partial charge in [0.2, 0.25) is 0 Å². The maximum absolute atomic E-state index is 9.41. The Morgan fingerprint density at radius 3 is 1.79 bits per heavy atom. The summed E-state index contributed by atoms with van der Waals surface area (Å²) in [4.78, 5) is 0. The molecule has 0 aliphatic rings. The van der Waals surface area contributed by atoms with E-state index in [9.17, 15) is 5.26 Å². The SMILES string of the molecule is N#Cc1ccc(Cl)c(-c2ccc3c(c2)c(N)nn3C(c2ccccc2)(c2ccccc2)c2ccccc2)c1. The molecular weight excluding hydrogens is 488 g/mol. The Labute approximate surface area is 226 Å². The quantitative estimate of drug-likeness (QED) is 0.242. The Hall–Kier alpha value is -4.85. The van der Waals surface area contributed by atoms with Crippen molar-refractivity contribution < 1.29 is 0 Å². The van der Waals surface area contributed by atoms with Crippen LogP contribution in [0.5, 0.6) is 0 Å². The van der Waals surface area contributed by atoms with Crippen molar-refractivity contribution in [2.45, 2.75) is 5.54 Å². The molecule has 38 heavy (non-hydrogen) atoms. The van der Waals surface area contributed by atoms with E-state index < -0.39 is 5.54 Å². The van der Waals surface area contributed by atoms with Crippen LogP contribution in [0, 0.1) is 11.3 Å². The Balaban J connectivity index is 1.68. The number of aromatic nitrogens is 2. The fourth-order valence-electron chi connectivity index (χ4n) is 5.29. The third kappa shape index (κ3) is 3.73. The second-order valence-electron chi connectivity index (χ2n) is 9.14. The van der Waals surface area contributed by atoms with Crippen molar-refractivity contribution in [3.8, 4) is 17.2 Å². The van der Waals surface area contributed by atoms with Crippen LogP contribution in [-0.2, 0) is 5.54 Å². The molecule has 6 aromatic rings. The molecule has 1 heterocycles. The van der Waals surface area contributed by atoms with Crippen LogP contribution in [0.4, 0.5) is 5.82 Å². The summed E-state index contributed by atoms with van der Waals surface area (Å²) >= 11 is 6.54. The second kappa shape index (κ2) is 9.55. The number of rotatable bonds is 5. The van der Waals surface area contributed by atoms with E-state index in [4.69, 9.17) is 22.4 Å². The van der Waals surface area contributed by atoms with Gasteiger partial charge in [0.05, 0.1) is 17.1 Å². The van der Waals surface area contributed by atoms with Gasteiger partial charge in [-0.1, -0.05) is 109 Å². The number of anilines is 1. The maximum atomic E-state index is 9.41. The molecular formula is C33H23ClN4. The summed E-state index contributed by atoms with van der Waals surface area (Å²) < 4.78 is 2.04. The fourth-order valence-corrected chi connectivity index (χ4v) is 5.51. The number of nitrogens with two attached hydrogens (primary N) is 1. The average molecular weight is 511 g/mol. The molecule has 0 amide bonds. The minimum atomic E-state index is -0.778. The number of benzene rings is 5. The van der Waals surface area contributed by atoms with Crippen molar-refractivity contribution in [2.75, 3.05) is 5.73 Å². The molecule has 0 radical (unpaired) electrons. The minimum absolute atomic E-state index is 0.418. The molecule has 0 aliphatic carbocycles. The van der Waals surface area contributed by atoms with E-state index in [2.05, 4.69) is 42.5 Å². The molecule has 5 heteroatoms. The summed E-state index contributed by atoms with van der Waals surface area (Å²) in [7, 11) is 0. The first kappa shape index (κ1) is 23.5. The van der Waals surface area contributed by atoms with E-state index in [0.717, 1.165) is 38.7 Å². The van der Waals surface area contributed by atoms with Gasteiger partial charge in [0.15, 0.2) is 5.82 Å². The zero-order valence-corrected chi connectivity index (χ0v) is 21.2. The number of hydrogen-bond donors (Lipinski definition) is 1. The number of fused-ring (bicyclic) bond motifs is 1. The van der Waals surface area contributed by atoms with E-state index in [1.807, 2.05) is 77.5 Å². The minimum Gasteiger partial charge on any atom is -0.382 e. The van der Waals surface area contributed by atoms with Gasteiger partial charge in [-0.15, -0.1) is 0 Å². The largest absolute Gasteiger partial charge is 0.382 e. The Morgan fingerprint density at radius 2 is 1.26 bits per heavy atom. The van der Waals surface area contributed by atoms with Crippen LogP contribution in [0.25, 0.3) is 22.0 Å². The molecule has 1 aromatic heterocycles. The van der Waals surface area contributed by atoms with Crippen molar-refractivity contribution >= 4 is 28.3 Å². The molecule has 2 N–H and O–H groups in total. The molecule has 0 spiro atoms. The van der Waals surface area contributed by atoms with Gasteiger partial charge in [0, 0.05) is 16.0 Å². The molecule has 6 rings (SSSR count). The van der Waals surface area contributed by atoms with Crippen LogP contribution < -0.4 is 5.73 Å². The summed E-state index contributed by atoms with van der Waals surface area (Å²) in [5.41, 5.74) is 12.1. The molecule has 0 bridgehead atoms. The number of nitrogens with zero attached hydrogens (tertiary/aromatic N) is 3. The van der Waals surface area contributed by atoms with E-state index in [0.29, 0.717) is 16.4 Å². The zero-order chi connectivity index (χ0) is 26.1. The fraction of sp³-hybridized carbons (Fsp3) is 0.0303. The van der Waals surface area contributed by atoms with Crippen LogP contribution in [-0.4, -0.2) is 9.78 Å². The second-order valence-corrected chi connectivity index (χ2v) is 9.55. The van der Waals surface area contributed by atoms with Gasteiger partial charge >= 0.3 is 0 Å². The predicted octanol–water partition coefficient (Wildman–Crippen LogP) is 7.65. The lowest BCUT2D eigenvalue weighted by Crippen LogP contribution is -2.38. The van der Waals surface area contributed by atoms with Crippen LogP contribution >= 0.6 is 11.6 Å². The van der Waals surface area contributed by atoms with E-state index in [-0.39, 0.29) is 0 Å². The van der Waals surface area contributed by atoms with Crippen LogP contribution in [0.1, 0.15) is 22.3 Å². The molecule has 0 atom stereocenters. The summed E-state index contributed by atoms with van der Waals surface area (Å²) in [6.45, 7) is 0. The van der Waals surface area contributed by atoms with Crippen LogP contribution in [0.3, 0.4) is 0 Å². The summed E-state index contributed by atoms with van der Waals surface area (Å²) in [6.07, 6.45) is 0. The standard InChI is InChI=1S/C33H23ClN4/c34-30-18-16-23(22-35)20-28(30)24-17-19-31-29(21-24)32(36)37-38(31)33(25-10-4-1-5-11-25,26-12-6-2-7-13-26)27-14-8-3-9-15-27/h1-21H,(H2,36,37). The molecule has 4 nitrogen and oxygen atoms in total. The highest BCUT2D eigenvalue weighted by Crippen LogP contribution is 2.43. The van der Waals surface area contributed by atoms with Gasteiger partial charge in [0.1, 0.15) is 5.54 Å². The molecule has 0 saturated carbocycles. The monoisotopic (exact) mass is 510 g/mol. The first-order valence-corrected chi connectivity index (χ1v) is 12.7. The lowest BCUT2D eigenvalue weighted by molar-refractivity contribution is 0.477. The van der Waals surface area contributed by atoms with E-state index >= 15 is 0 Å². The van der Waals surface area contributed by atoms with Gasteiger partial charge < -0.3 is 5.73 Å². The van der Waals surface area contributed by atoms with Crippen LogP contribution in [0.15, 0.2) is 127 Å². The lowest BCUT2D eigenvalue weighted by atomic mass is 9.77. The van der Waals surface area contributed by atoms with Gasteiger partial charge in [-0.2, -0.15) is 10.4 Å². The number of halogens is 1. The average Bonchev–Trinajstić information content (AvgIpc) is 3.31. The molecule has 0 unspecified atom stereocenters. The highest BCUT2D eigenvalue weighted by Gasteiger charge is 2.40. The lowest BCUT2D eigenvalue weighted by Gasteiger charge is -2.37. The first-order valence-electron chi connectivity index (χ1n) is 12.3. The predicted molar refractivity (Wildman–Crippen MR) is 154 cm³/mol. The molecule has 0 aliphatic heterocycles. The van der Waals surface area contributed by atoms with Crippen molar-refractivity contribution in [2.24, 2.45) is 0 Å². The van der Waals surface area contributed by atoms with Crippen LogP contribution in [0.2, 0.25) is 5.02 Å². The van der Waals surface area contributed by atoms with Crippen molar-refractivity contribution in [1.82, 2.24) is 9.78 Å². The number of nitriles is 1. The Bertz CT molecular complexity index is 1690. The smallest absolute Gasteiger partial charge is 0.153 e. The molecule has 5 aromatic carbocycles. The highest BCUT2D eigenvalue weighted by molar-refractivity contribution is 6.33. The summed E-state index contributed by atoms with van der Waals surface area (Å²) in [5.74, 6) is 0.418. The Morgan fingerprint density at radius 1 is 0.711 bits per heavy atom. The normalized spacial score (nSPS) is 11.4. The van der Waals surface area contributed by atoms with Gasteiger partial charge in [-0.05, 0) is 52.6 Å². The topological polar surface area (TPSA) is 67.6 Å². The Kier molecular flexibility index (Phi) is 5.92. The molecule has 0 saturated heterocycles. The van der Waals surface area contributed by atoms with Crippen molar-refractivity contribution in [1.29, 1.82) is 5.26 Å². The third-order valence-corrected chi connectivity index (χ3v) is 7.34. The van der Waals surface area contributed by atoms with E-state index in [1.54, 1.807) is 18.2 Å². The summed E-state index contributed by atoms with van der Waals surface area (Å²) in [6, 6.07) is 44.6. The highest BCUT2D eigenvalue weighted by atomic mass is 35.5. The number of hydrogen-bond acceptors (Lipinski definition) is 3. The van der Waals surface area contributed by atoms with E-state index in [1.165, 1.54) is 0 Å².